The van der Waals surface area contributed by atoms with Crippen molar-refractivity contribution in [2.75, 3.05) is 26.2 Å². The maximum atomic E-state index is 12.8. The fraction of sp³-hybridized carbons (Fsp3) is 0.900. The minimum Gasteiger partial charge on any atom is -0.303 e. The zero-order chi connectivity index (χ0) is 10.2. The molecular formula is C10H17FN2S. The number of aliphatic imine (C=N–C) groups is 1. The molecule has 80 valence electrons. The van der Waals surface area contributed by atoms with Gasteiger partial charge in [-0.3, -0.25) is 0 Å². The second-order valence-corrected chi connectivity index (χ2v) is 3.88. The van der Waals surface area contributed by atoms with Crippen LogP contribution >= 0.6 is 12.2 Å². The highest BCUT2D eigenvalue weighted by atomic mass is 32.1. The Morgan fingerprint density at radius 3 is 2.71 bits per heavy atom. The first kappa shape index (κ1) is 11.8. The van der Waals surface area contributed by atoms with E-state index in [1.54, 1.807) is 0 Å². The first-order valence-corrected chi connectivity index (χ1v) is 5.64. The molecule has 14 heavy (non-hydrogen) atoms. The number of alkyl halides is 1. The lowest BCUT2D eigenvalue weighted by molar-refractivity contribution is 0.149. The summed E-state index contributed by atoms with van der Waals surface area (Å²) in [6.07, 6.45) is 3.03. The van der Waals surface area contributed by atoms with Gasteiger partial charge in [0.1, 0.15) is 6.17 Å². The zero-order valence-electron chi connectivity index (χ0n) is 8.41. The lowest BCUT2D eigenvalue weighted by Gasteiger charge is -2.28. The number of thiocarbonyl (C=S) groups is 1. The van der Waals surface area contributed by atoms with E-state index in [0.29, 0.717) is 12.8 Å². The Balaban J connectivity index is 1.99. The first-order chi connectivity index (χ1) is 6.83. The molecule has 0 unspecified atom stereocenters. The van der Waals surface area contributed by atoms with E-state index in [-0.39, 0.29) is 0 Å². The van der Waals surface area contributed by atoms with Gasteiger partial charge in [0.15, 0.2) is 0 Å². The van der Waals surface area contributed by atoms with E-state index < -0.39 is 6.17 Å². The lowest BCUT2D eigenvalue weighted by atomic mass is 10.1. The summed E-state index contributed by atoms with van der Waals surface area (Å²) in [5, 5.41) is 2.36. The predicted molar refractivity (Wildman–Crippen MR) is 59.7 cm³/mol. The van der Waals surface area contributed by atoms with Crippen LogP contribution in [0.25, 0.3) is 0 Å². The normalized spacial score (nSPS) is 19.2. The van der Waals surface area contributed by atoms with Gasteiger partial charge in [0.05, 0.1) is 5.16 Å². The molecule has 1 aliphatic heterocycles. The summed E-state index contributed by atoms with van der Waals surface area (Å²) < 4.78 is 12.8. The third kappa shape index (κ3) is 4.80. The van der Waals surface area contributed by atoms with Crippen LogP contribution in [0.1, 0.15) is 25.7 Å². The lowest BCUT2D eigenvalue weighted by Crippen LogP contribution is -2.35. The summed E-state index contributed by atoms with van der Waals surface area (Å²) >= 11 is 4.47. The Bertz CT molecular complexity index is 196. The van der Waals surface area contributed by atoms with E-state index in [1.807, 2.05) is 0 Å². The molecule has 0 N–H and O–H groups in total. The van der Waals surface area contributed by atoms with Crippen LogP contribution in [0.4, 0.5) is 4.39 Å². The van der Waals surface area contributed by atoms with Crippen molar-refractivity contribution in [3.63, 3.8) is 0 Å². The molecule has 2 nitrogen and oxygen atoms in total. The van der Waals surface area contributed by atoms with Crippen LogP contribution in [0.15, 0.2) is 4.99 Å². The van der Waals surface area contributed by atoms with Crippen LogP contribution < -0.4 is 0 Å². The summed E-state index contributed by atoms with van der Waals surface area (Å²) in [6, 6.07) is 0. The predicted octanol–water partition coefficient (Wildman–Crippen LogP) is 2.30. The summed E-state index contributed by atoms with van der Waals surface area (Å²) in [4.78, 5) is 6.18. The largest absolute Gasteiger partial charge is 0.303 e. The average Bonchev–Trinajstić information content (AvgIpc) is 2.21. The maximum Gasteiger partial charge on any atom is 0.103 e. The van der Waals surface area contributed by atoms with Crippen molar-refractivity contribution < 1.29 is 4.39 Å². The van der Waals surface area contributed by atoms with E-state index in [2.05, 4.69) is 27.3 Å². The van der Waals surface area contributed by atoms with Gasteiger partial charge in [-0.1, -0.05) is 0 Å². The van der Waals surface area contributed by atoms with Crippen molar-refractivity contribution >= 4 is 17.4 Å². The monoisotopic (exact) mass is 216 g/mol. The van der Waals surface area contributed by atoms with Gasteiger partial charge in [0, 0.05) is 19.6 Å². The van der Waals surface area contributed by atoms with E-state index in [0.717, 1.165) is 39.0 Å². The number of unbranched alkanes of at least 4 members (excludes halogenated alkanes) is 1. The van der Waals surface area contributed by atoms with Crippen molar-refractivity contribution in [1.82, 2.24) is 4.90 Å². The van der Waals surface area contributed by atoms with Crippen LogP contribution in [0, 0.1) is 0 Å². The van der Waals surface area contributed by atoms with Gasteiger partial charge in [-0.05, 0) is 44.4 Å². The number of piperidine rings is 1. The molecule has 0 aliphatic carbocycles. The highest BCUT2D eigenvalue weighted by Gasteiger charge is 2.17. The number of nitrogens with zero attached hydrogens (tertiary/aromatic N) is 2. The molecule has 0 radical (unpaired) electrons. The van der Waals surface area contributed by atoms with Gasteiger partial charge in [-0.15, -0.1) is 0 Å². The van der Waals surface area contributed by atoms with Gasteiger partial charge >= 0.3 is 0 Å². The minimum absolute atomic E-state index is 0.564. The van der Waals surface area contributed by atoms with Crippen molar-refractivity contribution in [2.45, 2.75) is 31.9 Å². The van der Waals surface area contributed by atoms with Crippen molar-refractivity contribution in [2.24, 2.45) is 4.99 Å². The highest BCUT2D eigenvalue weighted by Crippen LogP contribution is 2.13. The Labute approximate surface area is 90.2 Å². The summed E-state index contributed by atoms with van der Waals surface area (Å²) in [5.74, 6) is 0. The second-order valence-electron chi connectivity index (χ2n) is 3.70. The Morgan fingerprint density at radius 2 is 2.07 bits per heavy atom. The number of rotatable bonds is 5. The molecule has 0 atom stereocenters. The molecule has 0 spiro atoms. The van der Waals surface area contributed by atoms with Crippen LogP contribution in [-0.2, 0) is 0 Å². The van der Waals surface area contributed by atoms with Gasteiger partial charge < -0.3 is 4.90 Å². The molecule has 1 rings (SSSR count). The number of halogens is 1. The van der Waals surface area contributed by atoms with Crippen LogP contribution in [0.3, 0.4) is 0 Å². The van der Waals surface area contributed by atoms with E-state index in [9.17, 15) is 4.39 Å². The van der Waals surface area contributed by atoms with E-state index >= 15 is 0 Å². The average molecular weight is 216 g/mol. The molecule has 0 aromatic heterocycles. The Morgan fingerprint density at radius 1 is 1.36 bits per heavy atom. The van der Waals surface area contributed by atoms with Crippen molar-refractivity contribution in [3.05, 3.63) is 0 Å². The standard InChI is InChI=1S/C10H17FN2S/c11-10-3-7-13(8-4-10)6-2-1-5-12-9-14/h10H,1-8H2. The fourth-order valence-electron chi connectivity index (χ4n) is 1.70. The topological polar surface area (TPSA) is 15.6 Å². The molecule has 1 fully saturated rings. The van der Waals surface area contributed by atoms with Crippen LogP contribution in [0.5, 0.6) is 0 Å². The van der Waals surface area contributed by atoms with Crippen LogP contribution in [-0.4, -0.2) is 42.4 Å². The third-order valence-corrected chi connectivity index (χ3v) is 2.71. The molecule has 1 saturated heterocycles. The number of hydrogen-bond donors (Lipinski definition) is 0. The minimum atomic E-state index is -0.564. The molecule has 0 aromatic rings. The summed E-state index contributed by atoms with van der Waals surface area (Å²) in [5.41, 5.74) is 0. The SMILES string of the molecule is FC1CCN(CCCCN=C=S)CC1. The van der Waals surface area contributed by atoms with Crippen molar-refractivity contribution in [1.29, 1.82) is 0 Å². The molecule has 0 aromatic carbocycles. The van der Waals surface area contributed by atoms with E-state index in [4.69, 9.17) is 0 Å². The van der Waals surface area contributed by atoms with Gasteiger partial charge in [0.25, 0.3) is 0 Å². The fourth-order valence-corrected chi connectivity index (χ4v) is 1.79. The van der Waals surface area contributed by atoms with Crippen molar-refractivity contribution in [3.8, 4) is 0 Å². The first-order valence-electron chi connectivity index (χ1n) is 5.23. The molecule has 1 heterocycles. The molecule has 0 saturated carbocycles. The Kier molecular flexibility index (Phi) is 5.92. The number of isothiocyanates is 1. The van der Waals surface area contributed by atoms with E-state index in [1.165, 1.54) is 0 Å². The Hall–Kier alpha value is -0.310. The number of hydrogen-bond acceptors (Lipinski definition) is 3. The number of likely N-dealkylation sites (tertiary alicyclic amines) is 1. The zero-order valence-corrected chi connectivity index (χ0v) is 9.23. The second kappa shape index (κ2) is 7.04. The molecule has 1 aliphatic rings. The molecule has 0 bridgehead atoms. The van der Waals surface area contributed by atoms with Gasteiger partial charge in [-0.2, -0.15) is 0 Å². The smallest absolute Gasteiger partial charge is 0.103 e. The molecular weight excluding hydrogens is 199 g/mol. The third-order valence-electron chi connectivity index (χ3n) is 2.58. The van der Waals surface area contributed by atoms with Crippen LogP contribution in [0.2, 0.25) is 0 Å². The maximum absolute atomic E-state index is 12.8. The molecule has 0 amide bonds. The highest BCUT2D eigenvalue weighted by molar-refractivity contribution is 7.78. The quantitative estimate of drug-likeness (QED) is 0.398. The molecule has 4 heteroatoms. The van der Waals surface area contributed by atoms with Gasteiger partial charge in [-0.25, -0.2) is 9.38 Å². The summed E-state index contributed by atoms with van der Waals surface area (Å²) in [6.45, 7) is 3.68. The summed E-state index contributed by atoms with van der Waals surface area (Å²) in [7, 11) is 0. The van der Waals surface area contributed by atoms with Gasteiger partial charge in [0.2, 0.25) is 0 Å².